The van der Waals surface area contributed by atoms with Gasteiger partial charge in [0, 0.05) is 17.0 Å². The molecule has 0 aliphatic carbocycles. The topological polar surface area (TPSA) is 161 Å². The fourth-order valence-corrected chi connectivity index (χ4v) is 6.87. The van der Waals surface area contributed by atoms with Crippen molar-refractivity contribution in [1.82, 2.24) is 10.3 Å². The fourth-order valence-electron chi connectivity index (χ4n) is 3.95. The summed E-state index contributed by atoms with van der Waals surface area (Å²) in [6.07, 6.45) is -0.850. The molecule has 3 heterocycles. The van der Waals surface area contributed by atoms with Crippen molar-refractivity contribution >= 4 is 38.7 Å². The molecule has 0 bridgehead atoms. The molecule has 0 saturated carbocycles. The summed E-state index contributed by atoms with van der Waals surface area (Å²) in [4.78, 5) is 17.1. The molecule has 0 radical (unpaired) electrons. The minimum absolute atomic E-state index is 0.0443. The molecule has 1 aliphatic heterocycles. The maximum absolute atomic E-state index is 14.9. The lowest BCUT2D eigenvalue weighted by molar-refractivity contribution is 0.0782. The summed E-state index contributed by atoms with van der Waals surface area (Å²) >= 11 is 1.15. The van der Waals surface area contributed by atoms with E-state index in [4.69, 9.17) is 5.73 Å². The maximum atomic E-state index is 14.9. The molecule has 0 spiro atoms. The Kier molecular flexibility index (Phi) is 7.40. The van der Waals surface area contributed by atoms with Crippen LogP contribution >= 0.6 is 21.9 Å². The fraction of sp³-hybridized carbons (Fsp3) is 0.333. The van der Waals surface area contributed by atoms with Crippen LogP contribution in [0.25, 0.3) is 10.4 Å². The van der Waals surface area contributed by atoms with Gasteiger partial charge in [0.2, 0.25) is 0 Å². The van der Waals surface area contributed by atoms with Crippen molar-refractivity contribution in [2.45, 2.75) is 38.1 Å². The first-order chi connectivity index (χ1) is 16.8. The first kappa shape index (κ1) is 26.5. The molecule has 8 N–H and O–H groups in total. The summed E-state index contributed by atoms with van der Waals surface area (Å²) in [7, 11) is -2.77. The normalized spacial score (nSPS) is 20.3. The number of nitrogens with one attached hydrogen (secondary N) is 2. The van der Waals surface area contributed by atoms with Crippen molar-refractivity contribution in [3.8, 4) is 10.4 Å². The Balaban J connectivity index is 1.53. The van der Waals surface area contributed by atoms with E-state index in [-0.39, 0.29) is 29.2 Å². The van der Waals surface area contributed by atoms with E-state index in [1.165, 1.54) is 12.1 Å². The predicted octanol–water partition coefficient (Wildman–Crippen LogP) is 3.60. The van der Waals surface area contributed by atoms with Crippen LogP contribution in [0.4, 0.5) is 15.2 Å². The number of carbonyl (C=O) groups is 1. The SMILES string of the molecule is CC(C)(O)c1ccc(-c2cc(C(N)=O)c(Nc3cccc(CNC4CS(O)(O)CC4O)n3)s2)c(F)c1. The molecule has 1 aliphatic rings. The third-order valence-electron chi connectivity index (χ3n) is 5.88. The number of hydrogen-bond acceptors (Lipinski definition) is 9. The molecular formula is C24H29FN4O5S2. The number of thiophene rings is 1. The number of rotatable bonds is 8. The maximum Gasteiger partial charge on any atom is 0.251 e. The number of hydrogen-bond donors (Lipinski definition) is 7. The number of halogens is 1. The Morgan fingerprint density at radius 2 is 2.00 bits per heavy atom. The number of aliphatic hydroxyl groups is 2. The van der Waals surface area contributed by atoms with Gasteiger partial charge in [-0.15, -0.1) is 11.3 Å². The molecule has 1 saturated heterocycles. The molecular weight excluding hydrogens is 507 g/mol. The molecule has 1 amide bonds. The zero-order valence-electron chi connectivity index (χ0n) is 19.7. The second-order valence-electron chi connectivity index (χ2n) is 9.30. The van der Waals surface area contributed by atoms with E-state index in [2.05, 4.69) is 15.6 Å². The number of aliphatic hydroxyl groups excluding tert-OH is 1. The molecule has 194 valence electrons. The van der Waals surface area contributed by atoms with Gasteiger partial charge in [-0.2, -0.15) is 10.6 Å². The van der Waals surface area contributed by atoms with Gasteiger partial charge in [0.05, 0.1) is 40.5 Å². The van der Waals surface area contributed by atoms with E-state index in [1.54, 1.807) is 44.2 Å². The average molecular weight is 537 g/mol. The highest BCUT2D eigenvalue weighted by molar-refractivity contribution is 8.24. The number of primary amides is 1. The van der Waals surface area contributed by atoms with Crippen LogP contribution in [-0.4, -0.2) is 53.9 Å². The number of amides is 1. The lowest BCUT2D eigenvalue weighted by Crippen LogP contribution is -2.38. The summed E-state index contributed by atoms with van der Waals surface area (Å²) in [5.74, 6) is -0.744. The Morgan fingerprint density at radius 3 is 2.61 bits per heavy atom. The molecule has 1 aromatic carbocycles. The molecule has 12 heteroatoms. The van der Waals surface area contributed by atoms with Crippen molar-refractivity contribution in [2.75, 3.05) is 16.8 Å². The van der Waals surface area contributed by atoms with Gasteiger partial charge in [-0.3, -0.25) is 13.9 Å². The van der Waals surface area contributed by atoms with E-state index in [1.807, 2.05) is 0 Å². The molecule has 1 fully saturated rings. The van der Waals surface area contributed by atoms with Crippen molar-refractivity contribution < 1.29 is 28.5 Å². The molecule has 9 nitrogen and oxygen atoms in total. The molecule has 36 heavy (non-hydrogen) atoms. The van der Waals surface area contributed by atoms with Gasteiger partial charge in [-0.25, -0.2) is 9.37 Å². The lowest BCUT2D eigenvalue weighted by Gasteiger charge is -2.25. The minimum Gasteiger partial charge on any atom is -0.390 e. The number of nitrogens with two attached hydrogens (primary N) is 1. The smallest absolute Gasteiger partial charge is 0.251 e. The Bertz CT molecular complexity index is 1280. The monoisotopic (exact) mass is 536 g/mol. The van der Waals surface area contributed by atoms with Crippen LogP contribution in [-0.2, 0) is 12.1 Å². The van der Waals surface area contributed by atoms with Gasteiger partial charge >= 0.3 is 0 Å². The van der Waals surface area contributed by atoms with Crippen LogP contribution in [0.5, 0.6) is 0 Å². The van der Waals surface area contributed by atoms with Crippen molar-refractivity contribution in [3.63, 3.8) is 0 Å². The second-order valence-corrected chi connectivity index (χ2v) is 12.6. The van der Waals surface area contributed by atoms with Crippen LogP contribution in [0, 0.1) is 5.82 Å². The highest BCUT2D eigenvalue weighted by Gasteiger charge is 2.36. The highest BCUT2D eigenvalue weighted by Crippen LogP contribution is 2.45. The zero-order valence-corrected chi connectivity index (χ0v) is 21.4. The number of carbonyl (C=O) groups excluding carboxylic acids is 1. The highest BCUT2D eigenvalue weighted by atomic mass is 32.3. The van der Waals surface area contributed by atoms with Gasteiger partial charge in [0.25, 0.3) is 5.91 Å². The van der Waals surface area contributed by atoms with Crippen molar-refractivity contribution in [2.24, 2.45) is 5.73 Å². The summed E-state index contributed by atoms with van der Waals surface area (Å²) in [6, 6.07) is 10.8. The molecule has 2 aromatic heterocycles. The van der Waals surface area contributed by atoms with Gasteiger partial charge in [0.1, 0.15) is 16.6 Å². The Labute approximate surface area is 213 Å². The summed E-state index contributed by atoms with van der Waals surface area (Å²) in [6.45, 7) is 3.42. The first-order valence-electron chi connectivity index (χ1n) is 11.2. The second kappa shape index (κ2) is 10.1. The number of aromatic nitrogens is 1. The van der Waals surface area contributed by atoms with Crippen LogP contribution in [0.15, 0.2) is 42.5 Å². The van der Waals surface area contributed by atoms with E-state index in [0.717, 1.165) is 11.3 Å². The van der Waals surface area contributed by atoms with E-state index < -0.39 is 40.1 Å². The van der Waals surface area contributed by atoms with Crippen LogP contribution in [0.1, 0.15) is 35.5 Å². The van der Waals surface area contributed by atoms with Gasteiger partial charge in [0.15, 0.2) is 0 Å². The van der Waals surface area contributed by atoms with Gasteiger partial charge in [-0.1, -0.05) is 18.2 Å². The average Bonchev–Trinajstić information content (AvgIpc) is 3.31. The third kappa shape index (κ3) is 6.03. The molecule has 3 aromatic rings. The predicted molar refractivity (Wildman–Crippen MR) is 140 cm³/mol. The number of anilines is 2. The number of pyridine rings is 1. The third-order valence-corrected chi connectivity index (χ3v) is 8.73. The standard InChI is InChI=1S/C24H29FN4O5S2/c1-24(2,32)13-6-7-15(17(25)8-13)20-9-16(22(26)31)23(35-20)29-21-5-3-4-14(28-21)10-27-18-11-36(33,34)12-19(18)30/h3-9,18-19,27,30,32-34H,10-12H2,1-2H3,(H2,26,31)(H,28,29). The van der Waals surface area contributed by atoms with Crippen LogP contribution < -0.4 is 16.4 Å². The van der Waals surface area contributed by atoms with Gasteiger partial charge < -0.3 is 26.6 Å². The number of nitrogens with zero attached hydrogens (tertiary/aromatic N) is 1. The molecule has 2 atom stereocenters. The minimum atomic E-state index is -2.77. The molecule has 2 unspecified atom stereocenters. The van der Waals surface area contributed by atoms with Crippen molar-refractivity contribution in [3.05, 3.63) is 65.1 Å². The summed E-state index contributed by atoms with van der Waals surface area (Å²) < 4.78 is 34.5. The van der Waals surface area contributed by atoms with Crippen LogP contribution in [0.3, 0.4) is 0 Å². The summed E-state index contributed by atoms with van der Waals surface area (Å²) in [5, 5.41) is 26.8. The quantitative estimate of drug-likeness (QED) is 0.230. The largest absolute Gasteiger partial charge is 0.390 e. The zero-order chi connectivity index (χ0) is 26.3. The first-order valence-corrected chi connectivity index (χ1v) is 13.9. The van der Waals surface area contributed by atoms with Crippen LogP contribution in [0.2, 0.25) is 0 Å². The van der Waals surface area contributed by atoms with E-state index in [0.29, 0.717) is 27.0 Å². The Morgan fingerprint density at radius 1 is 1.25 bits per heavy atom. The Hall–Kier alpha value is -2.58. The molecule has 4 rings (SSSR count). The number of benzene rings is 1. The van der Waals surface area contributed by atoms with E-state index in [9.17, 15) is 28.5 Å². The van der Waals surface area contributed by atoms with E-state index >= 15 is 0 Å². The van der Waals surface area contributed by atoms with Gasteiger partial charge in [-0.05, 0) is 43.7 Å². The summed E-state index contributed by atoms with van der Waals surface area (Å²) in [5.41, 5.74) is 5.89. The van der Waals surface area contributed by atoms with Crippen molar-refractivity contribution in [1.29, 1.82) is 0 Å². The lowest BCUT2D eigenvalue weighted by atomic mass is 9.96.